The summed E-state index contributed by atoms with van der Waals surface area (Å²) in [6, 6.07) is 18.5. The molecule has 156 valence electrons. The molecular weight excluding hydrogens is 404 g/mol. The van der Waals surface area contributed by atoms with E-state index in [1.807, 2.05) is 36.4 Å². The van der Waals surface area contributed by atoms with Crippen molar-refractivity contribution in [1.82, 2.24) is 0 Å². The zero-order valence-corrected chi connectivity index (χ0v) is 17.7. The summed E-state index contributed by atoms with van der Waals surface area (Å²) in [6.45, 7) is 0.648. The molecule has 0 aliphatic rings. The Morgan fingerprint density at radius 1 is 0.867 bits per heavy atom. The van der Waals surface area contributed by atoms with E-state index in [9.17, 15) is 4.79 Å². The van der Waals surface area contributed by atoms with Crippen LogP contribution >= 0.6 is 11.6 Å². The fourth-order valence-electron chi connectivity index (χ4n) is 2.93. The van der Waals surface area contributed by atoms with Crippen molar-refractivity contribution in [2.45, 2.75) is 6.54 Å². The largest absolute Gasteiger partial charge is 0.496 e. The van der Waals surface area contributed by atoms with Gasteiger partial charge in [-0.1, -0.05) is 41.9 Å². The molecule has 3 aromatic carbocycles. The van der Waals surface area contributed by atoms with Gasteiger partial charge in [0.2, 0.25) is 0 Å². The molecule has 0 heterocycles. The van der Waals surface area contributed by atoms with Crippen molar-refractivity contribution in [2.24, 2.45) is 0 Å². The zero-order chi connectivity index (χ0) is 21.5. The summed E-state index contributed by atoms with van der Waals surface area (Å²) >= 11 is 6.40. The van der Waals surface area contributed by atoms with Gasteiger partial charge in [-0.2, -0.15) is 0 Å². The molecule has 0 bridgehead atoms. The zero-order valence-electron chi connectivity index (χ0n) is 17.0. The first-order chi connectivity index (χ1) is 14.5. The Morgan fingerprint density at radius 3 is 2.17 bits per heavy atom. The predicted molar refractivity (Wildman–Crippen MR) is 119 cm³/mol. The highest BCUT2D eigenvalue weighted by Gasteiger charge is 2.18. The molecule has 6 nitrogen and oxygen atoms in total. The molecule has 3 aromatic rings. The number of carbonyl (C=O) groups is 1. The highest BCUT2D eigenvalue weighted by Crippen LogP contribution is 2.35. The molecule has 30 heavy (non-hydrogen) atoms. The molecule has 1 amide bonds. The van der Waals surface area contributed by atoms with Gasteiger partial charge in [-0.3, -0.25) is 4.79 Å². The second kappa shape index (κ2) is 9.89. The maximum atomic E-state index is 12.8. The summed E-state index contributed by atoms with van der Waals surface area (Å²) in [7, 11) is 4.52. The number of amides is 1. The number of hydrogen-bond donors (Lipinski definition) is 2. The Bertz CT molecular complexity index is 1030. The van der Waals surface area contributed by atoms with E-state index in [2.05, 4.69) is 10.6 Å². The van der Waals surface area contributed by atoms with Gasteiger partial charge >= 0.3 is 0 Å². The number of hydrogen-bond acceptors (Lipinski definition) is 5. The van der Waals surface area contributed by atoms with Gasteiger partial charge in [-0.05, 0) is 23.8 Å². The lowest BCUT2D eigenvalue weighted by Gasteiger charge is -2.15. The van der Waals surface area contributed by atoms with Gasteiger partial charge < -0.3 is 24.8 Å². The lowest BCUT2D eigenvalue weighted by Crippen LogP contribution is -2.14. The molecule has 0 aliphatic carbocycles. The molecule has 0 unspecified atom stereocenters. The van der Waals surface area contributed by atoms with Crippen molar-refractivity contribution in [3.63, 3.8) is 0 Å². The predicted octanol–water partition coefficient (Wildman–Crippen LogP) is 5.23. The van der Waals surface area contributed by atoms with Gasteiger partial charge in [-0.25, -0.2) is 0 Å². The molecule has 3 rings (SSSR count). The van der Waals surface area contributed by atoms with Crippen molar-refractivity contribution in [3.8, 4) is 17.2 Å². The highest BCUT2D eigenvalue weighted by molar-refractivity contribution is 6.33. The summed E-state index contributed by atoms with van der Waals surface area (Å²) in [4.78, 5) is 12.8. The standard InChI is InChI=1S/C23H23ClN2O4/c1-28-20-13-22(30-3)21(29-2)12-17(20)23(27)26-16-9-10-19(18(24)11-16)25-14-15-7-5-4-6-8-15/h4-13,25H,14H2,1-3H3,(H,26,27). The number of rotatable bonds is 8. The number of anilines is 2. The molecule has 2 N–H and O–H groups in total. The topological polar surface area (TPSA) is 68.8 Å². The van der Waals surface area contributed by atoms with E-state index in [-0.39, 0.29) is 5.91 Å². The first kappa shape index (κ1) is 21.3. The van der Waals surface area contributed by atoms with Crippen LogP contribution in [0.3, 0.4) is 0 Å². The molecule has 0 fully saturated rings. The van der Waals surface area contributed by atoms with Crippen LogP contribution in [0.25, 0.3) is 0 Å². The quantitative estimate of drug-likeness (QED) is 0.516. The van der Waals surface area contributed by atoms with Crippen molar-refractivity contribution < 1.29 is 19.0 Å². The lowest BCUT2D eigenvalue weighted by molar-refractivity contribution is 0.102. The van der Waals surface area contributed by atoms with Crippen molar-refractivity contribution >= 4 is 28.9 Å². The summed E-state index contributed by atoms with van der Waals surface area (Å²) in [5.74, 6) is 0.927. The van der Waals surface area contributed by atoms with E-state index in [0.717, 1.165) is 11.3 Å². The minimum Gasteiger partial charge on any atom is -0.496 e. The third-order valence-corrected chi connectivity index (χ3v) is 4.82. The molecule has 7 heteroatoms. The molecule has 0 radical (unpaired) electrons. The monoisotopic (exact) mass is 426 g/mol. The first-order valence-electron chi connectivity index (χ1n) is 9.24. The maximum absolute atomic E-state index is 12.8. The smallest absolute Gasteiger partial charge is 0.259 e. The molecular formula is C23H23ClN2O4. The fourth-order valence-corrected chi connectivity index (χ4v) is 3.18. The Morgan fingerprint density at radius 2 is 1.53 bits per heavy atom. The second-order valence-corrected chi connectivity index (χ2v) is 6.80. The molecule has 0 atom stereocenters. The number of nitrogens with one attached hydrogen (secondary N) is 2. The lowest BCUT2D eigenvalue weighted by atomic mass is 10.1. The van der Waals surface area contributed by atoms with E-state index in [1.54, 1.807) is 24.3 Å². The Balaban J connectivity index is 1.75. The van der Waals surface area contributed by atoms with Crippen LogP contribution < -0.4 is 24.8 Å². The fraction of sp³-hybridized carbons (Fsp3) is 0.174. The van der Waals surface area contributed by atoms with Gasteiger partial charge in [0, 0.05) is 24.4 Å². The number of methoxy groups -OCH3 is 3. The van der Waals surface area contributed by atoms with Crippen LogP contribution in [-0.4, -0.2) is 27.2 Å². The number of benzene rings is 3. The van der Waals surface area contributed by atoms with Crippen LogP contribution in [0.5, 0.6) is 17.2 Å². The van der Waals surface area contributed by atoms with Crippen molar-refractivity contribution in [1.29, 1.82) is 0 Å². The van der Waals surface area contributed by atoms with Crippen LogP contribution in [0.1, 0.15) is 15.9 Å². The van der Waals surface area contributed by atoms with E-state index < -0.39 is 0 Å². The SMILES string of the molecule is COc1cc(OC)c(C(=O)Nc2ccc(NCc3ccccc3)c(Cl)c2)cc1OC. The summed E-state index contributed by atoms with van der Waals surface area (Å²) < 4.78 is 15.9. The second-order valence-electron chi connectivity index (χ2n) is 6.40. The molecule has 0 saturated heterocycles. The highest BCUT2D eigenvalue weighted by atomic mass is 35.5. The minimum absolute atomic E-state index is 0.317. The molecule has 0 aliphatic heterocycles. The third kappa shape index (κ3) is 4.96. The average molecular weight is 427 g/mol. The summed E-state index contributed by atoms with van der Waals surface area (Å²) in [5.41, 5.74) is 2.80. The Hall–Kier alpha value is -3.38. The molecule has 0 aromatic heterocycles. The number of halogens is 1. The Kier molecular flexibility index (Phi) is 7.03. The van der Waals surface area contributed by atoms with Gasteiger partial charge in [0.15, 0.2) is 11.5 Å². The van der Waals surface area contributed by atoms with Gasteiger partial charge in [-0.15, -0.1) is 0 Å². The van der Waals surface area contributed by atoms with Gasteiger partial charge in [0.25, 0.3) is 5.91 Å². The van der Waals surface area contributed by atoms with Crippen molar-refractivity contribution in [2.75, 3.05) is 32.0 Å². The third-order valence-electron chi connectivity index (χ3n) is 4.50. The van der Waals surface area contributed by atoms with E-state index >= 15 is 0 Å². The van der Waals surface area contributed by atoms with Crippen LogP contribution in [0, 0.1) is 0 Å². The number of ether oxygens (including phenoxy) is 3. The summed E-state index contributed by atoms with van der Waals surface area (Å²) in [6.07, 6.45) is 0. The number of carbonyl (C=O) groups excluding carboxylic acids is 1. The minimum atomic E-state index is -0.353. The van der Waals surface area contributed by atoms with Crippen LogP contribution in [0.15, 0.2) is 60.7 Å². The summed E-state index contributed by atoms with van der Waals surface area (Å²) in [5, 5.41) is 6.63. The van der Waals surface area contributed by atoms with Crippen LogP contribution in [0.2, 0.25) is 5.02 Å². The van der Waals surface area contributed by atoms with E-state index in [0.29, 0.717) is 40.1 Å². The molecule has 0 saturated carbocycles. The Labute approximate surface area is 180 Å². The normalized spacial score (nSPS) is 10.3. The first-order valence-corrected chi connectivity index (χ1v) is 9.62. The van der Waals surface area contributed by atoms with Crippen LogP contribution in [-0.2, 0) is 6.54 Å². The van der Waals surface area contributed by atoms with E-state index in [1.165, 1.54) is 21.3 Å². The maximum Gasteiger partial charge on any atom is 0.259 e. The average Bonchev–Trinajstić information content (AvgIpc) is 2.78. The van der Waals surface area contributed by atoms with E-state index in [4.69, 9.17) is 25.8 Å². The van der Waals surface area contributed by atoms with Crippen molar-refractivity contribution in [3.05, 3.63) is 76.8 Å². The van der Waals surface area contributed by atoms with Gasteiger partial charge in [0.1, 0.15) is 5.75 Å². The van der Waals surface area contributed by atoms with Crippen LogP contribution in [0.4, 0.5) is 11.4 Å². The van der Waals surface area contributed by atoms with Gasteiger partial charge in [0.05, 0.1) is 37.6 Å². The molecule has 0 spiro atoms.